The number of halogens is 1. The molecule has 96 valence electrons. The summed E-state index contributed by atoms with van der Waals surface area (Å²) in [6.07, 6.45) is 1.77. The largest absolute Gasteiger partial charge is 0.300 e. The normalized spacial score (nSPS) is 10.2. The number of thioether (sulfide) groups is 1. The molecule has 0 amide bonds. The van der Waals surface area contributed by atoms with Gasteiger partial charge < -0.3 is 4.98 Å². The van der Waals surface area contributed by atoms with E-state index in [9.17, 15) is 9.18 Å². The van der Waals surface area contributed by atoms with E-state index in [1.54, 1.807) is 19.2 Å². The van der Waals surface area contributed by atoms with Gasteiger partial charge in [-0.1, -0.05) is 11.8 Å². The lowest BCUT2D eigenvalue weighted by molar-refractivity contribution is 0.618. The molecule has 0 atom stereocenters. The van der Waals surface area contributed by atoms with Crippen molar-refractivity contribution in [3.63, 3.8) is 0 Å². The van der Waals surface area contributed by atoms with Crippen LogP contribution in [-0.4, -0.2) is 16.2 Å². The van der Waals surface area contributed by atoms with Gasteiger partial charge in [0.15, 0.2) is 5.16 Å². The Labute approximate surface area is 113 Å². The summed E-state index contributed by atoms with van der Waals surface area (Å²) >= 11 is 1.27. The lowest BCUT2D eigenvalue weighted by atomic mass is 10.1. The first-order valence-electron chi connectivity index (χ1n) is 5.41. The van der Waals surface area contributed by atoms with Crippen LogP contribution in [0.25, 0.3) is 11.3 Å². The Hall–Kier alpha value is -2.13. The van der Waals surface area contributed by atoms with Gasteiger partial charge in [-0.05, 0) is 36.9 Å². The number of nitriles is 1. The predicted molar refractivity (Wildman–Crippen MR) is 71.5 cm³/mol. The van der Waals surface area contributed by atoms with Crippen LogP contribution in [0, 0.1) is 24.1 Å². The van der Waals surface area contributed by atoms with Crippen molar-refractivity contribution in [1.82, 2.24) is 9.97 Å². The van der Waals surface area contributed by atoms with E-state index in [-0.39, 0.29) is 17.1 Å². The third kappa shape index (κ3) is 2.51. The third-order valence-electron chi connectivity index (χ3n) is 2.63. The van der Waals surface area contributed by atoms with Crippen LogP contribution in [-0.2, 0) is 0 Å². The zero-order chi connectivity index (χ0) is 14.0. The Morgan fingerprint density at radius 1 is 1.47 bits per heavy atom. The van der Waals surface area contributed by atoms with Gasteiger partial charge in [-0.3, -0.25) is 4.79 Å². The van der Waals surface area contributed by atoms with Crippen molar-refractivity contribution in [2.24, 2.45) is 0 Å². The third-order valence-corrected chi connectivity index (χ3v) is 3.21. The Morgan fingerprint density at radius 3 is 2.79 bits per heavy atom. The van der Waals surface area contributed by atoms with Crippen LogP contribution in [0.15, 0.2) is 28.2 Å². The van der Waals surface area contributed by atoms with E-state index >= 15 is 0 Å². The maximum atomic E-state index is 13.3. The van der Waals surface area contributed by atoms with Crippen molar-refractivity contribution in [3.05, 3.63) is 45.5 Å². The lowest BCUT2D eigenvalue weighted by Crippen LogP contribution is -2.14. The van der Waals surface area contributed by atoms with Gasteiger partial charge in [-0.2, -0.15) is 5.26 Å². The molecule has 0 fully saturated rings. The Kier molecular flexibility index (Phi) is 3.67. The minimum Gasteiger partial charge on any atom is -0.300 e. The second kappa shape index (κ2) is 5.24. The van der Waals surface area contributed by atoms with Crippen LogP contribution < -0.4 is 5.56 Å². The monoisotopic (exact) mass is 275 g/mol. The summed E-state index contributed by atoms with van der Waals surface area (Å²) in [7, 11) is 0. The van der Waals surface area contributed by atoms with Gasteiger partial charge in [0.25, 0.3) is 5.56 Å². The van der Waals surface area contributed by atoms with Crippen molar-refractivity contribution in [2.45, 2.75) is 12.1 Å². The summed E-state index contributed by atoms with van der Waals surface area (Å²) in [6, 6.07) is 6.22. The van der Waals surface area contributed by atoms with Crippen LogP contribution in [0.5, 0.6) is 0 Å². The SMILES string of the molecule is CSc1nc(-c2ccc(F)c(C)c2)c(C#N)c(=O)[nH]1. The highest BCUT2D eigenvalue weighted by Gasteiger charge is 2.13. The number of benzene rings is 1. The van der Waals surface area contributed by atoms with Gasteiger partial charge in [-0.15, -0.1) is 0 Å². The number of rotatable bonds is 2. The molecular formula is C13H10FN3OS. The van der Waals surface area contributed by atoms with Crippen LogP contribution >= 0.6 is 11.8 Å². The molecule has 0 spiro atoms. The lowest BCUT2D eigenvalue weighted by Gasteiger charge is -2.06. The topological polar surface area (TPSA) is 69.5 Å². The van der Waals surface area contributed by atoms with Crippen LogP contribution in [0.1, 0.15) is 11.1 Å². The molecular weight excluding hydrogens is 265 g/mol. The number of H-pyrrole nitrogens is 1. The molecule has 0 aliphatic rings. The van der Waals surface area contributed by atoms with E-state index < -0.39 is 5.56 Å². The van der Waals surface area contributed by atoms with Crippen LogP contribution in [0.4, 0.5) is 4.39 Å². The number of aromatic nitrogens is 2. The van der Waals surface area contributed by atoms with Gasteiger partial charge in [0.2, 0.25) is 0 Å². The number of aromatic amines is 1. The van der Waals surface area contributed by atoms with Gasteiger partial charge in [0.05, 0.1) is 5.69 Å². The molecule has 0 saturated carbocycles. The average Bonchev–Trinajstić information content (AvgIpc) is 2.41. The molecule has 1 aromatic heterocycles. The van der Waals surface area contributed by atoms with E-state index in [0.29, 0.717) is 16.3 Å². The van der Waals surface area contributed by atoms with Gasteiger partial charge in [0.1, 0.15) is 17.4 Å². The highest BCUT2D eigenvalue weighted by atomic mass is 32.2. The molecule has 1 N–H and O–H groups in total. The standard InChI is InChI=1S/C13H10FN3OS/c1-7-5-8(3-4-10(7)14)11-9(6-15)12(18)17-13(16-11)19-2/h3-5H,1-2H3,(H,16,17,18). The zero-order valence-corrected chi connectivity index (χ0v) is 11.1. The molecule has 19 heavy (non-hydrogen) atoms. The molecule has 0 bridgehead atoms. The molecule has 0 aliphatic heterocycles. The summed E-state index contributed by atoms with van der Waals surface area (Å²) in [6.45, 7) is 1.62. The fourth-order valence-corrected chi connectivity index (χ4v) is 2.03. The Balaban J connectivity index is 2.73. The summed E-state index contributed by atoms with van der Waals surface area (Å²) in [4.78, 5) is 18.5. The zero-order valence-electron chi connectivity index (χ0n) is 10.3. The molecule has 2 rings (SSSR count). The Bertz CT molecular complexity index is 734. The number of hydrogen-bond donors (Lipinski definition) is 1. The second-order valence-corrected chi connectivity index (χ2v) is 4.67. The molecule has 0 aliphatic carbocycles. The van der Waals surface area contributed by atoms with E-state index in [4.69, 9.17) is 5.26 Å². The fourth-order valence-electron chi connectivity index (χ4n) is 1.65. The first-order valence-corrected chi connectivity index (χ1v) is 6.64. The van der Waals surface area contributed by atoms with E-state index in [2.05, 4.69) is 9.97 Å². The maximum Gasteiger partial charge on any atom is 0.270 e. The van der Waals surface area contributed by atoms with Gasteiger partial charge in [0, 0.05) is 5.56 Å². The molecule has 4 nitrogen and oxygen atoms in total. The molecule has 0 saturated heterocycles. The predicted octanol–water partition coefficient (Wildman–Crippen LogP) is 2.48. The van der Waals surface area contributed by atoms with Crippen molar-refractivity contribution in [1.29, 1.82) is 5.26 Å². The summed E-state index contributed by atoms with van der Waals surface area (Å²) in [5.41, 5.74) is 0.715. The fraction of sp³-hybridized carbons (Fsp3) is 0.154. The quantitative estimate of drug-likeness (QED) is 0.675. The van der Waals surface area contributed by atoms with Crippen LogP contribution in [0.2, 0.25) is 0 Å². The molecule has 6 heteroatoms. The molecule has 1 heterocycles. The van der Waals surface area contributed by atoms with Crippen molar-refractivity contribution in [3.8, 4) is 17.3 Å². The minimum atomic E-state index is -0.487. The Morgan fingerprint density at radius 2 is 2.21 bits per heavy atom. The molecule has 1 aromatic carbocycles. The number of hydrogen-bond acceptors (Lipinski definition) is 4. The van der Waals surface area contributed by atoms with E-state index in [1.165, 1.54) is 23.9 Å². The first-order chi connectivity index (χ1) is 9.06. The highest BCUT2D eigenvalue weighted by Crippen LogP contribution is 2.23. The molecule has 0 radical (unpaired) electrons. The number of nitrogens with one attached hydrogen (secondary N) is 1. The molecule has 0 unspecified atom stereocenters. The highest BCUT2D eigenvalue weighted by molar-refractivity contribution is 7.98. The van der Waals surface area contributed by atoms with Gasteiger partial charge >= 0.3 is 0 Å². The van der Waals surface area contributed by atoms with Gasteiger partial charge in [-0.25, -0.2) is 9.37 Å². The van der Waals surface area contributed by atoms with Crippen LogP contribution in [0.3, 0.4) is 0 Å². The summed E-state index contributed by atoms with van der Waals surface area (Å²) < 4.78 is 13.3. The minimum absolute atomic E-state index is 0.0659. The van der Waals surface area contributed by atoms with Crippen molar-refractivity contribution in [2.75, 3.05) is 6.26 Å². The maximum absolute atomic E-state index is 13.3. The first kappa shape index (κ1) is 13.3. The number of nitrogens with zero attached hydrogens (tertiary/aromatic N) is 2. The second-order valence-electron chi connectivity index (χ2n) is 3.87. The van der Waals surface area contributed by atoms with E-state index in [0.717, 1.165) is 0 Å². The number of aryl methyl sites for hydroxylation is 1. The smallest absolute Gasteiger partial charge is 0.270 e. The average molecular weight is 275 g/mol. The summed E-state index contributed by atoms with van der Waals surface area (Å²) in [5.74, 6) is -0.336. The van der Waals surface area contributed by atoms with Crippen molar-refractivity contribution < 1.29 is 4.39 Å². The van der Waals surface area contributed by atoms with Crippen molar-refractivity contribution >= 4 is 11.8 Å². The summed E-state index contributed by atoms with van der Waals surface area (Å²) in [5, 5.41) is 9.47. The molecule has 2 aromatic rings. The van der Waals surface area contributed by atoms with E-state index in [1.807, 2.05) is 6.07 Å².